The Labute approximate surface area is 173 Å². The second-order valence-electron chi connectivity index (χ2n) is 7.47. The molecule has 1 aromatic carbocycles. The molecule has 158 valence electrons. The molecule has 9 heteroatoms. The summed E-state index contributed by atoms with van der Waals surface area (Å²) in [5.41, 5.74) is 2.96. The van der Waals surface area contributed by atoms with Gasteiger partial charge < -0.3 is 14.3 Å². The first-order valence-electron chi connectivity index (χ1n) is 10.1. The molecule has 0 bridgehead atoms. The summed E-state index contributed by atoms with van der Waals surface area (Å²) in [5, 5.41) is 4.21. The smallest absolute Gasteiger partial charge is 0.332 e. The largest absolute Gasteiger partial charge is 0.390 e. The van der Waals surface area contributed by atoms with Crippen molar-refractivity contribution in [2.45, 2.75) is 32.9 Å². The number of oxime groups is 1. The number of hydrogen-bond donors (Lipinski definition) is 0. The Morgan fingerprint density at radius 2 is 1.83 bits per heavy atom. The van der Waals surface area contributed by atoms with Crippen molar-refractivity contribution < 1.29 is 4.84 Å². The van der Waals surface area contributed by atoms with Crippen LogP contribution in [-0.2, 0) is 25.5 Å². The molecule has 0 unspecified atom stereocenters. The van der Waals surface area contributed by atoms with E-state index in [1.165, 1.54) is 21.1 Å². The molecule has 1 aliphatic heterocycles. The van der Waals surface area contributed by atoms with E-state index in [0.717, 1.165) is 24.4 Å². The van der Waals surface area contributed by atoms with Gasteiger partial charge in [0.15, 0.2) is 17.3 Å². The first-order valence-corrected chi connectivity index (χ1v) is 10.1. The summed E-state index contributed by atoms with van der Waals surface area (Å²) >= 11 is 0. The Morgan fingerprint density at radius 3 is 2.50 bits per heavy atom. The molecule has 0 amide bonds. The first-order chi connectivity index (χ1) is 14.4. The van der Waals surface area contributed by atoms with Gasteiger partial charge in [0, 0.05) is 39.3 Å². The minimum atomic E-state index is -0.410. The Balaban J connectivity index is 1.54. The zero-order valence-corrected chi connectivity index (χ0v) is 17.7. The molecule has 1 atom stereocenters. The third kappa shape index (κ3) is 3.30. The number of fused-ring (bicyclic) bond motifs is 1. The molecular weight excluding hydrogens is 384 g/mol. The van der Waals surface area contributed by atoms with Gasteiger partial charge in [0.2, 0.25) is 0 Å². The van der Waals surface area contributed by atoms with Crippen molar-refractivity contribution in [1.29, 1.82) is 0 Å². The standard InChI is InChI=1S/C21H26N6O3/c1-5-26(6-2)15-9-7-14(8-10-15)17-11-16(30-23-17)12-27-20(28)18-19(22-13-24(18)3)25(4)21(27)29/h7-10,13,16H,5-6,11-12H2,1-4H3/t16-/m1/s1. The lowest BCUT2D eigenvalue weighted by Crippen LogP contribution is -2.42. The summed E-state index contributed by atoms with van der Waals surface area (Å²) in [4.78, 5) is 37.6. The summed E-state index contributed by atoms with van der Waals surface area (Å²) in [6, 6.07) is 8.22. The fourth-order valence-corrected chi connectivity index (χ4v) is 3.91. The molecule has 0 saturated heterocycles. The summed E-state index contributed by atoms with van der Waals surface area (Å²) in [5.74, 6) is 0. The van der Waals surface area contributed by atoms with Crippen LogP contribution >= 0.6 is 0 Å². The molecule has 0 aliphatic carbocycles. The SMILES string of the molecule is CCN(CC)c1ccc(C2=NO[C@@H](Cn3c(=O)c4c(ncn4C)n(C)c3=O)C2)cc1. The van der Waals surface area contributed by atoms with Gasteiger partial charge in [-0.2, -0.15) is 0 Å². The van der Waals surface area contributed by atoms with Crippen LogP contribution in [0.1, 0.15) is 25.8 Å². The van der Waals surface area contributed by atoms with Gasteiger partial charge in [-0.3, -0.25) is 13.9 Å². The molecule has 0 radical (unpaired) electrons. The first kappa shape index (κ1) is 19.9. The number of benzene rings is 1. The van der Waals surface area contributed by atoms with Crippen LogP contribution in [0.25, 0.3) is 11.2 Å². The molecule has 2 aromatic heterocycles. The van der Waals surface area contributed by atoms with Crippen molar-refractivity contribution in [1.82, 2.24) is 18.7 Å². The lowest BCUT2D eigenvalue weighted by atomic mass is 10.0. The number of nitrogens with zero attached hydrogens (tertiary/aromatic N) is 6. The molecule has 4 rings (SSSR count). The van der Waals surface area contributed by atoms with Crippen LogP contribution in [0.3, 0.4) is 0 Å². The normalized spacial score (nSPS) is 16.0. The zero-order valence-electron chi connectivity index (χ0n) is 17.7. The lowest BCUT2D eigenvalue weighted by molar-refractivity contribution is 0.0706. The predicted octanol–water partition coefficient (Wildman–Crippen LogP) is 1.47. The summed E-state index contributed by atoms with van der Waals surface area (Å²) in [6.45, 7) is 6.30. The number of imidazole rings is 1. The van der Waals surface area contributed by atoms with Crippen molar-refractivity contribution in [3.63, 3.8) is 0 Å². The maximum Gasteiger partial charge on any atom is 0.332 e. The zero-order chi connectivity index (χ0) is 21.4. The molecule has 0 fully saturated rings. The van der Waals surface area contributed by atoms with Crippen LogP contribution in [0.4, 0.5) is 5.69 Å². The van der Waals surface area contributed by atoms with Gasteiger partial charge in [0.1, 0.15) is 0 Å². The average molecular weight is 410 g/mol. The van der Waals surface area contributed by atoms with E-state index in [-0.39, 0.29) is 18.2 Å². The molecule has 0 N–H and O–H groups in total. The van der Waals surface area contributed by atoms with Gasteiger partial charge in [-0.05, 0) is 31.5 Å². The monoisotopic (exact) mass is 410 g/mol. The number of hydrogen-bond acceptors (Lipinski definition) is 6. The third-order valence-corrected chi connectivity index (χ3v) is 5.65. The number of rotatable bonds is 6. The van der Waals surface area contributed by atoms with Gasteiger partial charge in [-0.25, -0.2) is 9.78 Å². The Morgan fingerprint density at radius 1 is 1.13 bits per heavy atom. The highest BCUT2D eigenvalue weighted by Gasteiger charge is 2.25. The molecule has 1 aliphatic rings. The minimum absolute atomic E-state index is 0.136. The second-order valence-corrected chi connectivity index (χ2v) is 7.47. The van der Waals surface area contributed by atoms with Crippen LogP contribution in [0, 0.1) is 0 Å². The molecule has 3 heterocycles. The van der Waals surface area contributed by atoms with Crippen LogP contribution in [0.15, 0.2) is 45.3 Å². The van der Waals surface area contributed by atoms with E-state index < -0.39 is 5.69 Å². The van der Waals surface area contributed by atoms with Crippen molar-refractivity contribution in [3.8, 4) is 0 Å². The number of aromatic nitrogens is 4. The van der Waals surface area contributed by atoms with Crippen molar-refractivity contribution in [3.05, 3.63) is 57.0 Å². The topological polar surface area (TPSA) is 86.7 Å². The van der Waals surface area contributed by atoms with E-state index in [4.69, 9.17) is 4.84 Å². The van der Waals surface area contributed by atoms with Crippen molar-refractivity contribution >= 4 is 22.6 Å². The van der Waals surface area contributed by atoms with E-state index in [9.17, 15) is 9.59 Å². The molecule has 9 nitrogen and oxygen atoms in total. The molecule has 30 heavy (non-hydrogen) atoms. The summed E-state index contributed by atoms with van der Waals surface area (Å²) in [7, 11) is 3.35. The Hall–Kier alpha value is -3.36. The maximum atomic E-state index is 12.9. The quantitative estimate of drug-likeness (QED) is 0.614. The highest BCUT2D eigenvalue weighted by molar-refractivity contribution is 6.01. The molecule has 0 spiro atoms. The van der Waals surface area contributed by atoms with Crippen LogP contribution < -0.4 is 16.1 Å². The summed E-state index contributed by atoms with van der Waals surface area (Å²) < 4.78 is 4.22. The van der Waals surface area contributed by atoms with Gasteiger partial charge in [0.05, 0.1) is 18.6 Å². The minimum Gasteiger partial charge on any atom is -0.390 e. The van der Waals surface area contributed by atoms with Crippen LogP contribution in [0.5, 0.6) is 0 Å². The van der Waals surface area contributed by atoms with Crippen LogP contribution in [-0.4, -0.2) is 43.6 Å². The van der Waals surface area contributed by atoms with Crippen molar-refractivity contribution in [2.75, 3.05) is 18.0 Å². The third-order valence-electron chi connectivity index (χ3n) is 5.65. The molecular formula is C21H26N6O3. The molecule has 3 aromatic rings. The highest BCUT2D eigenvalue weighted by atomic mass is 16.6. The van der Waals surface area contributed by atoms with Crippen molar-refractivity contribution in [2.24, 2.45) is 19.3 Å². The van der Waals surface area contributed by atoms with E-state index in [1.54, 1.807) is 18.7 Å². The fourth-order valence-electron chi connectivity index (χ4n) is 3.91. The molecule has 0 saturated carbocycles. The van der Waals surface area contributed by atoms with Gasteiger partial charge in [0.25, 0.3) is 5.56 Å². The Kier molecular flexibility index (Phi) is 5.19. The predicted molar refractivity (Wildman–Crippen MR) is 116 cm³/mol. The van der Waals surface area contributed by atoms with E-state index in [1.807, 2.05) is 12.1 Å². The highest BCUT2D eigenvalue weighted by Crippen LogP contribution is 2.21. The number of aryl methyl sites for hydroxylation is 2. The fraction of sp³-hybridized carbons (Fsp3) is 0.429. The van der Waals surface area contributed by atoms with Gasteiger partial charge in [-0.1, -0.05) is 17.3 Å². The number of anilines is 1. The maximum absolute atomic E-state index is 12.9. The van der Waals surface area contributed by atoms with E-state index in [2.05, 4.69) is 41.0 Å². The second kappa shape index (κ2) is 7.81. The van der Waals surface area contributed by atoms with Gasteiger partial charge in [-0.15, -0.1) is 0 Å². The average Bonchev–Trinajstić information content (AvgIpc) is 3.38. The van der Waals surface area contributed by atoms with Crippen LogP contribution in [0.2, 0.25) is 0 Å². The van der Waals surface area contributed by atoms with E-state index >= 15 is 0 Å². The lowest BCUT2D eigenvalue weighted by Gasteiger charge is -2.21. The summed E-state index contributed by atoms with van der Waals surface area (Å²) in [6.07, 6.45) is 1.69. The Bertz CT molecular complexity index is 1210. The van der Waals surface area contributed by atoms with E-state index in [0.29, 0.717) is 17.6 Å². The van der Waals surface area contributed by atoms with Gasteiger partial charge >= 0.3 is 5.69 Å².